The molecule has 0 fully saturated rings. The molecule has 5 heteroatoms. The zero-order valence-corrected chi connectivity index (χ0v) is 9.59. The lowest BCUT2D eigenvalue weighted by Crippen LogP contribution is -1.98. The van der Waals surface area contributed by atoms with Crippen molar-refractivity contribution in [3.05, 3.63) is 47.5 Å². The van der Waals surface area contributed by atoms with Crippen LogP contribution in [0, 0.1) is 0 Å². The van der Waals surface area contributed by atoms with Crippen LogP contribution in [0.5, 0.6) is 0 Å². The quantitative estimate of drug-likeness (QED) is 0.670. The summed E-state index contributed by atoms with van der Waals surface area (Å²) in [4.78, 5) is 0. The van der Waals surface area contributed by atoms with Crippen LogP contribution >= 0.6 is 11.6 Å². The summed E-state index contributed by atoms with van der Waals surface area (Å²) in [6.07, 6.45) is 0. The second-order valence-corrected chi connectivity index (χ2v) is 4.11. The molecule has 0 amide bonds. The monoisotopic (exact) mass is 244 g/mol. The predicted octanol–water partition coefficient (Wildman–Crippen LogP) is 2.66. The van der Waals surface area contributed by atoms with E-state index in [9.17, 15) is 0 Å². The van der Waals surface area contributed by atoms with Crippen molar-refractivity contribution in [2.45, 2.75) is 0 Å². The highest BCUT2D eigenvalue weighted by Crippen LogP contribution is 2.25. The van der Waals surface area contributed by atoms with Crippen LogP contribution in [0.2, 0.25) is 5.02 Å². The Balaban J connectivity index is 2.27. The van der Waals surface area contributed by atoms with Crippen LogP contribution in [0.3, 0.4) is 0 Å². The molecule has 1 aromatic heterocycles. The molecule has 0 aliphatic carbocycles. The number of hydrogen-bond donors (Lipinski definition) is 1. The summed E-state index contributed by atoms with van der Waals surface area (Å²) >= 11 is 6.15. The minimum absolute atomic E-state index is 0.556. The van der Waals surface area contributed by atoms with Gasteiger partial charge in [-0.1, -0.05) is 28.9 Å². The minimum atomic E-state index is 0.556. The normalized spacial score (nSPS) is 10.9. The Kier molecular flexibility index (Phi) is 2.23. The maximum atomic E-state index is 6.15. The van der Waals surface area contributed by atoms with Crippen LogP contribution in [-0.4, -0.2) is 15.0 Å². The maximum absolute atomic E-state index is 6.15. The summed E-state index contributed by atoms with van der Waals surface area (Å²) in [5.74, 6) is 0. The first-order valence-electron chi connectivity index (χ1n) is 5.11. The van der Waals surface area contributed by atoms with Gasteiger partial charge in [-0.2, -0.15) is 0 Å². The number of nitrogens with two attached hydrogens (primary N) is 1. The van der Waals surface area contributed by atoms with Gasteiger partial charge in [0.05, 0.1) is 16.2 Å². The Bertz CT molecular complexity index is 690. The fourth-order valence-electron chi connectivity index (χ4n) is 1.74. The first-order chi connectivity index (χ1) is 8.25. The molecule has 0 saturated heterocycles. The first kappa shape index (κ1) is 10.1. The number of fused-ring (bicyclic) bond motifs is 1. The highest BCUT2D eigenvalue weighted by atomic mass is 35.5. The van der Waals surface area contributed by atoms with Crippen LogP contribution < -0.4 is 5.73 Å². The maximum Gasteiger partial charge on any atom is 0.113 e. The molecule has 0 spiro atoms. The molecule has 0 aliphatic rings. The van der Waals surface area contributed by atoms with Crippen molar-refractivity contribution in [1.29, 1.82) is 0 Å². The Labute approximate surface area is 103 Å². The van der Waals surface area contributed by atoms with Gasteiger partial charge in [-0.15, -0.1) is 5.10 Å². The van der Waals surface area contributed by atoms with Crippen LogP contribution in [0.25, 0.3) is 16.7 Å². The minimum Gasteiger partial charge on any atom is -0.399 e. The molecule has 4 nitrogen and oxygen atoms in total. The van der Waals surface area contributed by atoms with E-state index < -0.39 is 0 Å². The van der Waals surface area contributed by atoms with E-state index >= 15 is 0 Å². The number of halogens is 1. The van der Waals surface area contributed by atoms with Gasteiger partial charge in [-0.25, -0.2) is 4.68 Å². The Morgan fingerprint density at radius 1 is 1.12 bits per heavy atom. The van der Waals surface area contributed by atoms with Crippen molar-refractivity contribution in [2.24, 2.45) is 0 Å². The largest absolute Gasteiger partial charge is 0.399 e. The number of anilines is 1. The fraction of sp³-hybridized carbons (Fsp3) is 0. The summed E-state index contributed by atoms with van der Waals surface area (Å²) in [6, 6.07) is 13.0. The third-order valence-corrected chi connectivity index (χ3v) is 2.85. The van der Waals surface area contributed by atoms with Gasteiger partial charge in [0.15, 0.2) is 0 Å². The Morgan fingerprint density at radius 2 is 1.94 bits per heavy atom. The molecule has 0 unspecified atom stereocenters. The molecule has 0 radical (unpaired) electrons. The average molecular weight is 245 g/mol. The van der Waals surface area contributed by atoms with E-state index in [4.69, 9.17) is 17.3 Å². The summed E-state index contributed by atoms with van der Waals surface area (Å²) < 4.78 is 1.71. The van der Waals surface area contributed by atoms with Gasteiger partial charge >= 0.3 is 0 Å². The molecule has 17 heavy (non-hydrogen) atoms. The van der Waals surface area contributed by atoms with E-state index in [1.807, 2.05) is 30.3 Å². The molecule has 84 valence electrons. The number of nitrogen functional groups attached to an aromatic ring is 1. The third-order valence-electron chi connectivity index (χ3n) is 2.55. The fourth-order valence-corrected chi connectivity index (χ4v) is 2.01. The van der Waals surface area contributed by atoms with Gasteiger partial charge in [0, 0.05) is 5.69 Å². The SMILES string of the molecule is Nc1ccc(-n2nnc3ccccc32)c(Cl)c1. The summed E-state index contributed by atoms with van der Waals surface area (Å²) in [6.45, 7) is 0. The highest BCUT2D eigenvalue weighted by molar-refractivity contribution is 6.32. The van der Waals surface area contributed by atoms with Crippen molar-refractivity contribution in [3.63, 3.8) is 0 Å². The van der Waals surface area contributed by atoms with E-state index in [1.54, 1.807) is 16.8 Å². The molecule has 2 N–H and O–H groups in total. The molecular weight excluding hydrogens is 236 g/mol. The van der Waals surface area contributed by atoms with Gasteiger partial charge < -0.3 is 5.73 Å². The lowest BCUT2D eigenvalue weighted by atomic mass is 10.2. The highest BCUT2D eigenvalue weighted by Gasteiger charge is 2.08. The number of hydrogen-bond acceptors (Lipinski definition) is 3. The van der Waals surface area contributed by atoms with Gasteiger partial charge in [-0.05, 0) is 30.3 Å². The van der Waals surface area contributed by atoms with Gasteiger partial charge in [0.2, 0.25) is 0 Å². The summed E-state index contributed by atoms with van der Waals surface area (Å²) in [7, 11) is 0. The average Bonchev–Trinajstić information content (AvgIpc) is 2.73. The second kappa shape index (κ2) is 3.75. The van der Waals surface area contributed by atoms with Gasteiger partial charge in [0.1, 0.15) is 5.52 Å². The van der Waals surface area contributed by atoms with E-state index in [-0.39, 0.29) is 0 Å². The topological polar surface area (TPSA) is 56.7 Å². The lowest BCUT2D eigenvalue weighted by molar-refractivity contribution is 0.824. The lowest BCUT2D eigenvalue weighted by Gasteiger charge is -2.05. The third kappa shape index (κ3) is 1.62. The van der Waals surface area contributed by atoms with Crippen molar-refractivity contribution in [3.8, 4) is 5.69 Å². The molecule has 3 aromatic rings. The number of para-hydroxylation sites is 1. The predicted molar refractivity (Wildman–Crippen MR) is 68.3 cm³/mol. The molecular formula is C12H9ClN4. The van der Waals surface area contributed by atoms with Gasteiger partial charge in [-0.3, -0.25) is 0 Å². The molecule has 0 bridgehead atoms. The van der Waals surface area contributed by atoms with E-state index in [0.717, 1.165) is 16.7 Å². The van der Waals surface area contributed by atoms with Gasteiger partial charge in [0.25, 0.3) is 0 Å². The van der Waals surface area contributed by atoms with Crippen LogP contribution in [0.15, 0.2) is 42.5 Å². The zero-order valence-electron chi connectivity index (χ0n) is 8.84. The Hall–Kier alpha value is -2.07. The molecule has 1 heterocycles. The standard InChI is InChI=1S/C12H9ClN4/c13-9-7-8(14)5-6-11(9)17-12-4-2-1-3-10(12)15-16-17/h1-7H,14H2. The van der Waals surface area contributed by atoms with E-state index in [2.05, 4.69) is 10.3 Å². The van der Waals surface area contributed by atoms with Crippen LogP contribution in [0.1, 0.15) is 0 Å². The molecule has 2 aromatic carbocycles. The number of nitrogens with zero attached hydrogens (tertiary/aromatic N) is 3. The van der Waals surface area contributed by atoms with Crippen molar-refractivity contribution in [1.82, 2.24) is 15.0 Å². The number of benzene rings is 2. The van der Waals surface area contributed by atoms with Crippen molar-refractivity contribution < 1.29 is 0 Å². The molecule has 3 rings (SSSR count). The van der Waals surface area contributed by atoms with Crippen molar-refractivity contribution >= 4 is 28.3 Å². The molecule has 0 aliphatic heterocycles. The number of rotatable bonds is 1. The smallest absolute Gasteiger partial charge is 0.113 e. The second-order valence-electron chi connectivity index (χ2n) is 3.70. The van der Waals surface area contributed by atoms with Crippen LogP contribution in [0.4, 0.5) is 5.69 Å². The molecule has 0 atom stereocenters. The molecule has 0 saturated carbocycles. The summed E-state index contributed by atoms with van der Waals surface area (Å²) in [5.41, 5.74) is 8.81. The zero-order chi connectivity index (χ0) is 11.8. The summed E-state index contributed by atoms with van der Waals surface area (Å²) in [5, 5.41) is 8.74. The number of aromatic nitrogens is 3. The van der Waals surface area contributed by atoms with Crippen molar-refractivity contribution in [2.75, 3.05) is 5.73 Å². The van der Waals surface area contributed by atoms with E-state index in [0.29, 0.717) is 10.7 Å². The van der Waals surface area contributed by atoms with Crippen LogP contribution in [-0.2, 0) is 0 Å². The Morgan fingerprint density at radius 3 is 2.76 bits per heavy atom. The van der Waals surface area contributed by atoms with E-state index in [1.165, 1.54) is 0 Å². The first-order valence-corrected chi connectivity index (χ1v) is 5.49.